The minimum absolute atomic E-state index is 0.260. The molecule has 1 rings (SSSR count). The summed E-state index contributed by atoms with van der Waals surface area (Å²) in [4.78, 5) is 10.2. The van der Waals surface area contributed by atoms with Crippen LogP contribution in [0.3, 0.4) is 0 Å². The fourth-order valence-electron chi connectivity index (χ4n) is 2.55. The van der Waals surface area contributed by atoms with Gasteiger partial charge in [-0.05, 0) is 31.1 Å². The first-order valence-corrected chi connectivity index (χ1v) is 5.64. The Bertz CT molecular complexity index is 211. The molecule has 1 fully saturated rings. The molecule has 0 bridgehead atoms. The van der Waals surface area contributed by atoms with Crippen molar-refractivity contribution in [1.29, 1.82) is 5.26 Å². The van der Waals surface area contributed by atoms with E-state index in [4.69, 9.17) is 5.26 Å². The number of aldehydes is 1. The van der Waals surface area contributed by atoms with Crippen molar-refractivity contribution < 1.29 is 4.79 Å². The molecule has 2 heteroatoms. The first kappa shape index (κ1) is 11.2. The molecule has 0 radical (unpaired) electrons. The molecule has 0 aliphatic heterocycles. The molecule has 78 valence electrons. The molecule has 0 aromatic carbocycles. The predicted octanol–water partition coefficient (Wildman–Crippen LogP) is 3.22. The molecule has 1 saturated carbocycles. The Morgan fingerprint density at radius 2 is 2.00 bits per heavy atom. The summed E-state index contributed by atoms with van der Waals surface area (Å²) in [5.41, 5.74) is 0.260. The van der Waals surface area contributed by atoms with Crippen molar-refractivity contribution in [3.8, 4) is 6.07 Å². The molecule has 0 spiro atoms. The lowest BCUT2D eigenvalue weighted by atomic mass is 9.69. The molecule has 0 unspecified atom stereocenters. The van der Waals surface area contributed by atoms with E-state index in [1.807, 2.05) is 0 Å². The first-order valence-electron chi connectivity index (χ1n) is 5.64. The Kier molecular flexibility index (Phi) is 4.65. The minimum atomic E-state index is 0.260. The first-order chi connectivity index (χ1) is 6.83. The van der Waals surface area contributed by atoms with E-state index in [0.29, 0.717) is 12.8 Å². The van der Waals surface area contributed by atoms with Crippen molar-refractivity contribution in [2.24, 2.45) is 5.41 Å². The molecule has 0 saturated heterocycles. The highest BCUT2D eigenvalue weighted by Gasteiger charge is 2.30. The number of carbonyl (C=O) groups is 1. The Morgan fingerprint density at radius 1 is 1.29 bits per heavy atom. The number of nitrogens with zero attached hydrogens (tertiary/aromatic N) is 1. The average molecular weight is 193 g/mol. The maximum atomic E-state index is 10.2. The molecule has 14 heavy (non-hydrogen) atoms. The summed E-state index contributed by atoms with van der Waals surface area (Å²) < 4.78 is 0. The Labute approximate surface area is 86.3 Å². The topological polar surface area (TPSA) is 40.9 Å². The van der Waals surface area contributed by atoms with Gasteiger partial charge in [-0.1, -0.05) is 19.3 Å². The zero-order valence-corrected chi connectivity index (χ0v) is 8.80. The van der Waals surface area contributed by atoms with Gasteiger partial charge < -0.3 is 4.79 Å². The fraction of sp³-hybridized carbons (Fsp3) is 0.833. The number of nitriles is 1. The van der Waals surface area contributed by atoms with Gasteiger partial charge in [-0.3, -0.25) is 0 Å². The van der Waals surface area contributed by atoms with Gasteiger partial charge in [0.05, 0.1) is 6.07 Å². The molecule has 2 nitrogen and oxygen atoms in total. The molecule has 0 N–H and O–H groups in total. The maximum Gasteiger partial charge on any atom is 0.119 e. The second-order valence-corrected chi connectivity index (χ2v) is 4.45. The second-order valence-electron chi connectivity index (χ2n) is 4.45. The molecule has 0 aromatic rings. The van der Waals surface area contributed by atoms with E-state index in [2.05, 4.69) is 6.07 Å². The fourth-order valence-corrected chi connectivity index (χ4v) is 2.55. The third-order valence-electron chi connectivity index (χ3n) is 3.40. The van der Waals surface area contributed by atoms with Crippen LogP contribution in [0.25, 0.3) is 0 Å². The lowest BCUT2D eigenvalue weighted by Gasteiger charge is -2.35. The Hall–Kier alpha value is -0.840. The summed E-state index contributed by atoms with van der Waals surface area (Å²) in [6, 6.07) is 2.32. The van der Waals surface area contributed by atoms with Gasteiger partial charge in [0.15, 0.2) is 0 Å². The number of hydrogen-bond donors (Lipinski definition) is 0. The van der Waals surface area contributed by atoms with Crippen LogP contribution >= 0.6 is 0 Å². The zero-order chi connectivity index (χ0) is 10.3. The van der Waals surface area contributed by atoms with Gasteiger partial charge in [-0.25, -0.2) is 0 Å². The van der Waals surface area contributed by atoms with Crippen LogP contribution in [-0.2, 0) is 4.79 Å². The predicted molar refractivity (Wildman–Crippen MR) is 55.7 cm³/mol. The van der Waals surface area contributed by atoms with Crippen molar-refractivity contribution in [2.45, 2.75) is 57.8 Å². The van der Waals surface area contributed by atoms with Gasteiger partial charge in [0, 0.05) is 12.8 Å². The SMILES string of the molecule is N#CCC1(CCCC=O)CCCCC1. The van der Waals surface area contributed by atoms with Gasteiger partial charge >= 0.3 is 0 Å². The molecule has 0 amide bonds. The molecule has 1 aliphatic carbocycles. The van der Waals surface area contributed by atoms with Crippen LogP contribution < -0.4 is 0 Å². The van der Waals surface area contributed by atoms with E-state index < -0.39 is 0 Å². The van der Waals surface area contributed by atoms with Gasteiger partial charge in [-0.2, -0.15) is 5.26 Å². The molecular formula is C12H19NO. The van der Waals surface area contributed by atoms with Crippen molar-refractivity contribution >= 4 is 6.29 Å². The van der Waals surface area contributed by atoms with E-state index in [1.54, 1.807) is 0 Å². The third kappa shape index (κ3) is 3.14. The second kappa shape index (κ2) is 5.80. The monoisotopic (exact) mass is 193 g/mol. The highest BCUT2D eigenvalue weighted by Crippen LogP contribution is 2.42. The highest BCUT2D eigenvalue weighted by atomic mass is 16.1. The summed E-state index contributed by atoms with van der Waals surface area (Å²) in [5.74, 6) is 0. The van der Waals surface area contributed by atoms with Crippen LogP contribution in [0.15, 0.2) is 0 Å². The van der Waals surface area contributed by atoms with Gasteiger partial charge in [0.1, 0.15) is 6.29 Å². The molecule has 0 heterocycles. The molecule has 1 aliphatic rings. The Morgan fingerprint density at radius 3 is 2.57 bits per heavy atom. The number of hydrogen-bond acceptors (Lipinski definition) is 2. The van der Waals surface area contributed by atoms with Crippen LogP contribution in [0.1, 0.15) is 57.8 Å². The molecular weight excluding hydrogens is 174 g/mol. The van der Waals surface area contributed by atoms with Crippen LogP contribution in [0, 0.1) is 16.7 Å². The zero-order valence-electron chi connectivity index (χ0n) is 8.80. The quantitative estimate of drug-likeness (QED) is 0.497. The lowest BCUT2D eigenvalue weighted by molar-refractivity contribution is -0.108. The van der Waals surface area contributed by atoms with Crippen LogP contribution in [0.5, 0.6) is 0 Å². The van der Waals surface area contributed by atoms with Crippen molar-refractivity contribution in [3.63, 3.8) is 0 Å². The summed E-state index contributed by atoms with van der Waals surface area (Å²) in [7, 11) is 0. The standard InChI is InChI=1S/C12H19NO/c13-10-9-12(8-4-5-11-14)6-2-1-3-7-12/h11H,1-9H2. The summed E-state index contributed by atoms with van der Waals surface area (Å²) >= 11 is 0. The molecule has 0 aromatic heterocycles. The van der Waals surface area contributed by atoms with Crippen LogP contribution in [-0.4, -0.2) is 6.29 Å². The largest absolute Gasteiger partial charge is 0.303 e. The number of unbranched alkanes of at least 4 members (excludes halogenated alkanes) is 1. The van der Waals surface area contributed by atoms with E-state index in [-0.39, 0.29) is 5.41 Å². The third-order valence-corrected chi connectivity index (χ3v) is 3.40. The number of carbonyl (C=O) groups excluding carboxylic acids is 1. The van der Waals surface area contributed by atoms with Gasteiger partial charge in [0.25, 0.3) is 0 Å². The minimum Gasteiger partial charge on any atom is -0.303 e. The van der Waals surface area contributed by atoms with Crippen molar-refractivity contribution in [1.82, 2.24) is 0 Å². The van der Waals surface area contributed by atoms with Crippen molar-refractivity contribution in [2.75, 3.05) is 0 Å². The van der Waals surface area contributed by atoms with E-state index >= 15 is 0 Å². The van der Waals surface area contributed by atoms with Gasteiger partial charge in [-0.15, -0.1) is 0 Å². The Balaban J connectivity index is 2.43. The summed E-state index contributed by atoms with van der Waals surface area (Å²) in [6.45, 7) is 0. The maximum absolute atomic E-state index is 10.2. The van der Waals surface area contributed by atoms with Gasteiger partial charge in [0.2, 0.25) is 0 Å². The number of rotatable bonds is 5. The normalized spacial score (nSPS) is 19.9. The highest BCUT2D eigenvalue weighted by molar-refractivity contribution is 5.48. The smallest absolute Gasteiger partial charge is 0.119 e. The van der Waals surface area contributed by atoms with Crippen LogP contribution in [0.2, 0.25) is 0 Å². The average Bonchev–Trinajstić information content (AvgIpc) is 2.20. The molecule has 0 atom stereocenters. The van der Waals surface area contributed by atoms with E-state index in [0.717, 1.165) is 19.1 Å². The van der Waals surface area contributed by atoms with E-state index in [1.165, 1.54) is 32.1 Å². The summed E-state index contributed by atoms with van der Waals surface area (Å²) in [6.07, 6.45) is 10.6. The lowest BCUT2D eigenvalue weighted by Crippen LogP contribution is -2.23. The van der Waals surface area contributed by atoms with Crippen LogP contribution in [0.4, 0.5) is 0 Å². The summed E-state index contributed by atoms with van der Waals surface area (Å²) in [5, 5.41) is 8.82. The van der Waals surface area contributed by atoms with Crippen molar-refractivity contribution in [3.05, 3.63) is 0 Å². The van der Waals surface area contributed by atoms with E-state index in [9.17, 15) is 4.79 Å².